The molecule has 0 saturated carbocycles. The molecule has 2 heterocycles. The maximum absolute atomic E-state index is 5.67. The lowest BCUT2D eigenvalue weighted by atomic mass is 9.99. The van der Waals surface area contributed by atoms with Crippen LogP contribution in [0.15, 0.2) is 36.7 Å². The largest absolute Gasteiger partial charge is 0.493 e. The molecule has 0 aliphatic carbocycles. The summed E-state index contributed by atoms with van der Waals surface area (Å²) in [7, 11) is 0. The van der Waals surface area contributed by atoms with E-state index < -0.39 is 0 Å². The first-order valence-corrected chi connectivity index (χ1v) is 6.31. The zero-order valence-corrected chi connectivity index (χ0v) is 10.4. The minimum Gasteiger partial charge on any atom is -0.493 e. The number of benzene rings is 1. The third-order valence-corrected chi connectivity index (χ3v) is 3.43. The van der Waals surface area contributed by atoms with Crippen molar-refractivity contribution in [3.05, 3.63) is 47.8 Å². The number of hydrogen-bond acceptors (Lipinski definition) is 3. The summed E-state index contributed by atoms with van der Waals surface area (Å²) in [6.07, 6.45) is 4.80. The predicted octanol–water partition coefficient (Wildman–Crippen LogP) is 2.58. The Kier molecular flexibility index (Phi) is 3.02. The average Bonchev–Trinajstić information content (AvgIpc) is 2.93. The van der Waals surface area contributed by atoms with Crippen molar-refractivity contribution < 1.29 is 4.74 Å². The van der Waals surface area contributed by atoms with Gasteiger partial charge in [-0.2, -0.15) is 5.10 Å². The van der Waals surface area contributed by atoms with Crippen LogP contribution in [0.3, 0.4) is 0 Å². The molecule has 4 nitrogen and oxygen atoms in total. The molecule has 3 rings (SSSR count). The summed E-state index contributed by atoms with van der Waals surface area (Å²) in [5, 5.41) is 10.5. The number of ether oxygens (including phenoxy) is 1. The third-order valence-electron chi connectivity index (χ3n) is 3.43. The van der Waals surface area contributed by atoms with Crippen molar-refractivity contribution in [2.75, 3.05) is 6.61 Å². The summed E-state index contributed by atoms with van der Waals surface area (Å²) >= 11 is 0. The van der Waals surface area contributed by atoms with Crippen molar-refractivity contribution in [3.63, 3.8) is 0 Å². The van der Waals surface area contributed by atoms with E-state index in [1.54, 1.807) is 0 Å². The molecule has 4 heteroatoms. The number of rotatable bonds is 3. The van der Waals surface area contributed by atoms with Gasteiger partial charge in [0, 0.05) is 35.8 Å². The second-order valence-electron chi connectivity index (χ2n) is 4.65. The van der Waals surface area contributed by atoms with Crippen LogP contribution in [0.4, 0.5) is 0 Å². The summed E-state index contributed by atoms with van der Waals surface area (Å²) in [5.41, 5.74) is 2.43. The maximum Gasteiger partial charge on any atom is 0.124 e. The number of hydrogen-bond donors (Lipinski definition) is 2. The second kappa shape index (κ2) is 4.82. The highest BCUT2D eigenvalue weighted by Crippen LogP contribution is 2.33. The van der Waals surface area contributed by atoms with Crippen LogP contribution < -0.4 is 10.1 Å². The molecular formula is C14H17N3O. The highest BCUT2D eigenvalue weighted by Gasteiger charge is 2.22. The minimum atomic E-state index is 0.278. The summed E-state index contributed by atoms with van der Waals surface area (Å²) in [6, 6.07) is 8.87. The van der Waals surface area contributed by atoms with Crippen LogP contribution in [0.25, 0.3) is 0 Å². The normalized spacial score (nSPS) is 19.9. The Morgan fingerprint density at radius 1 is 1.44 bits per heavy atom. The van der Waals surface area contributed by atoms with Gasteiger partial charge >= 0.3 is 0 Å². The lowest BCUT2D eigenvalue weighted by Gasteiger charge is -2.29. The molecular weight excluding hydrogens is 226 g/mol. The van der Waals surface area contributed by atoms with E-state index in [1.165, 1.54) is 11.1 Å². The fourth-order valence-electron chi connectivity index (χ4n) is 2.41. The number of nitrogens with zero attached hydrogens (tertiary/aromatic N) is 1. The van der Waals surface area contributed by atoms with Gasteiger partial charge in [0.25, 0.3) is 0 Å². The zero-order valence-electron chi connectivity index (χ0n) is 10.4. The smallest absolute Gasteiger partial charge is 0.124 e. The fraction of sp³-hybridized carbons (Fsp3) is 0.357. The number of nitrogens with one attached hydrogen (secondary N) is 2. The van der Waals surface area contributed by atoms with E-state index in [1.807, 2.05) is 24.5 Å². The molecule has 0 bridgehead atoms. The molecule has 1 aliphatic heterocycles. The van der Waals surface area contributed by atoms with Gasteiger partial charge in [-0.3, -0.25) is 5.10 Å². The van der Waals surface area contributed by atoms with E-state index in [2.05, 4.69) is 34.6 Å². The van der Waals surface area contributed by atoms with Gasteiger partial charge in [0.1, 0.15) is 5.75 Å². The highest BCUT2D eigenvalue weighted by atomic mass is 16.5. The predicted molar refractivity (Wildman–Crippen MR) is 69.4 cm³/mol. The summed E-state index contributed by atoms with van der Waals surface area (Å²) in [4.78, 5) is 0. The van der Waals surface area contributed by atoms with Crippen LogP contribution in [0.5, 0.6) is 5.75 Å². The Labute approximate surface area is 106 Å². The molecule has 2 unspecified atom stereocenters. The van der Waals surface area contributed by atoms with Crippen molar-refractivity contribution >= 4 is 0 Å². The monoisotopic (exact) mass is 243 g/mol. The molecule has 2 atom stereocenters. The summed E-state index contributed by atoms with van der Waals surface area (Å²) in [5.74, 6) is 1.00. The van der Waals surface area contributed by atoms with Crippen molar-refractivity contribution in [2.24, 2.45) is 0 Å². The summed E-state index contributed by atoms with van der Waals surface area (Å²) in [6.45, 7) is 2.93. The molecule has 1 aromatic heterocycles. The molecule has 0 spiro atoms. The first-order chi connectivity index (χ1) is 8.84. The first-order valence-electron chi connectivity index (χ1n) is 6.31. The first kappa shape index (κ1) is 11.3. The number of aromatic nitrogens is 2. The van der Waals surface area contributed by atoms with E-state index in [4.69, 9.17) is 4.74 Å². The molecule has 0 saturated heterocycles. The molecule has 0 amide bonds. The second-order valence-corrected chi connectivity index (χ2v) is 4.65. The van der Waals surface area contributed by atoms with Gasteiger partial charge in [-0.05, 0) is 13.0 Å². The van der Waals surface area contributed by atoms with Crippen LogP contribution in [0.1, 0.15) is 36.6 Å². The average molecular weight is 243 g/mol. The van der Waals surface area contributed by atoms with Crippen LogP contribution in [0, 0.1) is 0 Å². The van der Waals surface area contributed by atoms with Crippen LogP contribution in [-0.4, -0.2) is 16.8 Å². The molecule has 0 fully saturated rings. The van der Waals surface area contributed by atoms with E-state index in [-0.39, 0.29) is 6.04 Å². The van der Waals surface area contributed by atoms with Crippen LogP contribution in [0.2, 0.25) is 0 Å². The Balaban J connectivity index is 1.78. The van der Waals surface area contributed by atoms with E-state index in [0.717, 1.165) is 18.8 Å². The molecule has 94 valence electrons. The molecule has 0 radical (unpaired) electrons. The summed E-state index contributed by atoms with van der Waals surface area (Å²) < 4.78 is 5.67. The van der Waals surface area contributed by atoms with Gasteiger partial charge < -0.3 is 10.1 Å². The van der Waals surface area contributed by atoms with Crippen molar-refractivity contribution in [3.8, 4) is 5.75 Å². The Morgan fingerprint density at radius 3 is 3.17 bits per heavy atom. The molecule has 2 aromatic rings. The Bertz CT molecular complexity index is 510. The lowest BCUT2D eigenvalue weighted by Crippen LogP contribution is -2.29. The third kappa shape index (κ3) is 2.11. The van der Waals surface area contributed by atoms with Crippen molar-refractivity contribution in [1.82, 2.24) is 15.5 Å². The number of aromatic amines is 1. The fourth-order valence-corrected chi connectivity index (χ4v) is 2.41. The van der Waals surface area contributed by atoms with Gasteiger partial charge in [-0.25, -0.2) is 0 Å². The molecule has 1 aromatic carbocycles. The quantitative estimate of drug-likeness (QED) is 0.871. The number of fused-ring (bicyclic) bond motifs is 1. The minimum absolute atomic E-state index is 0.278. The van der Waals surface area contributed by atoms with Gasteiger partial charge in [-0.1, -0.05) is 18.2 Å². The lowest BCUT2D eigenvalue weighted by molar-refractivity contribution is 0.246. The van der Waals surface area contributed by atoms with E-state index >= 15 is 0 Å². The zero-order chi connectivity index (χ0) is 12.4. The molecule has 18 heavy (non-hydrogen) atoms. The van der Waals surface area contributed by atoms with Gasteiger partial charge in [0.15, 0.2) is 0 Å². The SMILES string of the molecule is CC(NC1CCOc2ccccc21)c1cn[nH]c1. The Hall–Kier alpha value is -1.81. The van der Waals surface area contributed by atoms with Crippen LogP contribution >= 0.6 is 0 Å². The molecule has 1 aliphatic rings. The van der Waals surface area contributed by atoms with Crippen LogP contribution in [-0.2, 0) is 0 Å². The van der Waals surface area contributed by atoms with Gasteiger partial charge in [0.05, 0.1) is 12.8 Å². The number of H-pyrrole nitrogens is 1. The van der Waals surface area contributed by atoms with E-state index in [9.17, 15) is 0 Å². The Morgan fingerprint density at radius 2 is 2.33 bits per heavy atom. The van der Waals surface area contributed by atoms with Gasteiger partial charge in [-0.15, -0.1) is 0 Å². The van der Waals surface area contributed by atoms with Crippen molar-refractivity contribution in [1.29, 1.82) is 0 Å². The topological polar surface area (TPSA) is 49.9 Å². The van der Waals surface area contributed by atoms with Crippen molar-refractivity contribution in [2.45, 2.75) is 25.4 Å². The highest BCUT2D eigenvalue weighted by molar-refractivity contribution is 5.37. The molecule has 2 N–H and O–H groups in total. The maximum atomic E-state index is 5.67. The number of para-hydroxylation sites is 1. The van der Waals surface area contributed by atoms with E-state index in [0.29, 0.717) is 6.04 Å². The standard InChI is InChI=1S/C14H17N3O/c1-10(11-8-15-16-9-11)17-13-6-7-18-14-5-3-2-4-12(13)14/h2-5,8-10,13,17H,6-7H2,1H3,(H,15,16). The van der Waals surface area contributed by atoms with Gasteiger partial charge in [0.2, 0.25) is 0 Å².